The predicted octanol–water partition coefficient (Wildman–Crippen LogP) is 4.49. The lowest BCUT2D eigenvalue weighted by Gasteiger charge is -2.18. The molecule has 0 amide bonds. The molecule has 1 aliphatic rings. The Morgan fingerprint density at radius 1 is 1.39 bits per heavy atom. The smallest absolute Gasteiger partial charge is 0.312 e. The van der Waals surface area contributed by atoms with Crippen molar-refractivity contribution in [2.45, 2.75) is 59.1 Å². The zero-order chi connectivity index (χ0) is 25.6. The van der Waals surface area contributed by atoms with Crippen LogP contribution in [0.4, 0.5) is 0 Å². The number of fused-ring (bicyclic) bond motifs is 1. The maximum absolute atomic E-state index is 12.2. The second kappa shape index (κ2) is 8.50. The Morgan fingerprint density at radius 3 is 2.87 bits per heavy atom. The number of carbonyl (C=O) groups excluding carboxylic acids is 1. The number of carbonyl (C=O) groups is 1. The van der Waals surface area contributed by atoms with Gasteiger partial charge in [0, 0.05) is 28.8 Å². The highest BCUT2D eigenvalue weighted by molar-refractivity contribution is 5.90. The number of hydrogen-bond donors (Lipinski definition) is 0. The maximum Gasteiger partial charge on any atom is 0.312 e. The van der Waals surface area contributed by atoms with Gasteiger partial charge in [0.15, 0.2) is 6.73 Å². The number of hydrogen-bond acceptors (Lipinski definition) is 5. The van der Waals surface area contributed by atoms with Gasteiger partial charge in [-0.15, -0.1) is 0 Å². The molecule has 0 N–H and O–H groups in total. The van der Waals surface area contributed by atoms with Crippen molar-refractivity contribution < 1.29 is 15.0 Å². The largest absolute Gasteiger partial charge is 0.443 e. The van der Waals surface area contributed by atoms with Crippen molar-refractivity contribution in [3.8, 4) is 11.3 Å². The average molecular weight is 425 g/mol. The first kappa shape index (κ1) is 16.5. The average Bonchev–Trinajstić information content (AvgIpc) is 3.47. The van der Waals surface area contributed by atoms with Crippen LogP contribution in [-0.4, -0.2) is 36.8 Å². The summed E-state index contributed by atoms with van der Waals surface area (Å²) in [4.78, 5) is 24.3. The van der Waals surface area contributed by atoms with Crippen LogP contribution in [0.25, 0.3) is 27.1 Å². The van der Waals surface area contributed by atoms with Crippen LogP contribution in [0.1, 0.15) is 57.9 Å². The van der Waals surface area contributed by atoms with Gasteiger partial charge in [-0.3, -0.25) is 14.0 Å². The van der Waals surface area contributed by atoms with Crippen molar-refractivity contribution in [3.63, 3.8) is 0 Å². The molecule has 1 atom stereocenters. The molecule has 3 aromatic heterocycles. The minimum Gasteiger partial charge on any atom is -0.443 e. The fraction of sp³-hybridized carbons (Fsp3) is 0.522. The Morgan fingerprint density at radius 2 is 2.16 bits per heavy atom. The third kappa shape index (κ3) is 4.31. The Labute approximate surface area is 187 Å². The lowest BCUT2D eigenvalue weighted by Crippen LogP contribution is -2.23. The van der Waals surface area contributed by atoms with E-state index in [0.717, 1.165) is 0 Å². The summed E-state index contributed by atoms with van der Waals surface area (Å²) in [7, 11) is 0. The lowest BCUT2D eigenvalue weighted by atomic mass is 9.98. The van der Waals surface area contributed by atoms with Crippen LogP contribution in [0.5, 0.6) is 0 Å². The van der Waals surface area contributed by atoms with E-state index in [2.05, 4.69) is 19.9 Å². The van der Waals surface area contributed by atoms with E-state index in [4.69, 9.17) is 16.8 Å². The Bertz CT molecular complexity index is 1270. The van der Waals surface area contributed by atoms with Gasteiger partial charge in [0.2, 0.25) is 6.54 Å². The summed E-state index contributed by atoms with van der Waals surface area (Å²) in [5.41, 5.74) is 1.17. The first-order valence-corrected chi connectivity index (χ1v) is 10.2. The SMILES string of the molecule is [2H]C1([2H])CCC([2H])([2H])C1[C@@H](C[N+]#[C-])n1cc(-c2ncnc3c2ccn3COC(=O)C(C)(C)C)cn1. The second-order valence-corrected chi connectivity index (χ2v) is 8.56. The molecule has 0 spiro atoms. The molecule has 1 fully saturated rings. The van der Waals surface area contributed by atoms with Gasteiger partial charge in [0.05, 0.1) is 17.3 Å². The fourth-order valence-corrected chi connectivity index (χ4v) is 3.56. The van der Waals surface area contributed by atoms with E-state index in [1.54, 1.807) is 43.9 Å². The fourth-order valence-electron chi connectivity index (χ4n) is 3.56. The van der Waals surface area contributed by atoms with Gasteiger partial charge < -0.3 is 9.58 Å². The number of esters is 1. The molecule has 8 nitrogen and oxygen atoms in total. The third-order valence-corrected chi connectivity index (χ3v) is 5.23. The van der Waals surface area contributed by atoms with E-state index in [9.17, 15) is 4.79 Å². The van der Waals surface area contributed by atoms with Crippen molar-refractivity contribution in [1.82, 2.24) is 24.3 Å². The quantitative estimate of drug-likeness (QED) is 0.430. The Hall–Kier alpha value is -3.21. The van der Waals surface area contributed by atoms with Gasteiger partial charge in [0.25, 0.3) is 0 Å². The molecule has 162 valence electrons. The summed E-state index contributed by atoms with van der Waals surface area (Å²) < 4.78 is 42.1. The molecule has 0 bridgehead atoms. The summed E-state index contributed by atoms with van der Waals surface area (Å²) in [6.45, 7) is 12.6. The van der Waals surface area contributed by atoms with Crippen LogP contribution >= 0.6 is 0 Å². The van der Waals surface area contributed by atoms with E-state index in [1.165, 1.54) is 11.0 Å². The third-order valence-electron chi connectivity index (χ3n) is 5.23. The number of aromatic nitrogens is 5. The van der Waals surface area contributed by atoms with E-state index >= 15 is 0 Å². The highest BCUT2D eigenvalue weighted by Gasteiger charge is 2.29. The molecule has 0 aliphatic heterocycles. The van der Waals surface area contributed by atoms with Crippen molar-refractivity contribution in [2.24, 2.45) is 11.3 Å². The van der Waals surface area contributed by atoms with Crippen LogP contribution in [0, 0.1) is 17.9 Å². The number of rotatable bonds is 6. The summed E-state index contributed by atoms with van der Waals surface area (Å²) in [6.07, 6.45) is 3.15. The predicted molar refractivity (Wildman–Crippen MR) is 117 cm³/mol. The van der Waals surface area contributed by atoms with Crippen molar-refractivity contribution in [3.05, 3.63) is 42.4 Å². The molecule has 0 aromatic carbocycles. The summed E-state index contributed by atoms with van der Waals surface area (Å²) >= 11 is 0. The molecule has 3 aromatic rings. The lowest BCUT2D eigenvalue weighted by molar-refractivity contribution is -0.156. The van der Waals surface area contributed by atoms with Crippen LogP contribution < -0.4 is 0 Å². The topological polar surface area (TPSA) is 79.2 Å². The molecule has 3 heterocycles. The molecular formula is C23H28N6O2. The van der Waals surface area contributed by atoms with E-state index < -0.39 is 30.1 Å². The zero-order valence-electron chi connectivity index (χ0n) is 21.9. The van der Waals surface area contributed by atoms with Crippen LogP contribution in [0.3, 0.4) is 0 Å². The summed E-state index contributed by atoms with van der Waals surface area (Å²) in [5.74, 6) is -1.33. The van der Waals surface area contributed by atoms with Gasteiger partial charge in [-0.2, -0.15) is 5.10 Å². The first-order chi connectivity index (χ1) is 16.3. The van der Waals surface area contributed by atoms with Crippen molar-refractivity contribution in [2.75, 3.05) is 6.54 Å². The standard InChI is InChI=1S/C23H28N6O2/c1-23(2,3)22(30)31-15-28-10-9-18-20(25-14-26-21(18)28)17-11-27-29(13-17)19(12-24-4)16-7-5-6-8-16/h9-11,13-14,16,19H,5-8,12,15H2,1-3H3/t19-/m1/s1/i7D2,8D2. The van der Waals surface area contributed by atoms with Gasteiger partial charge in [-0.05, 0) is 45.5 Å². The highest BCUT2D eigenvalue weighted by Crippen LogP contribution is 2.35. The molecule has 0 saturated heterocycles. The molecule has 8 heteroatoms. The zero-order valence-corrected chi connectivity index (χ0v) is 17.9. The van der Waals surface area contributed by atoms with Crippen molar-refractivity contribution >= 4 is 17.0 Å². The number of ether oxygens (including phenoxy) is 1. The normalized spacial score (nSPS) is 21.0. The molecule has 0 unspecified atom stereocenters. The molecule has 1 aliphatic carbocycles. The van der Waals surface area contributed by atoms with Gasteiger partial charge in [-0.1, -0.05) is 12.8 Å². The molecule has 0 radical (unpaired) electrons. The van der Waals surface area contributed by atoms with Crippen LogP contribution in [0.15, 0.2) is 31.0 Å². The highest BCUT2D eigenvalue weighted by atomic mass is 16.5. The van der Waals surface area contributed by atoms with E-state index in [-0.39, 0.29) is 32.1 Å². The van der Waals surface area contributed by atoms with Gasteiger partial charge in [-0.25, -0.2) is 16.5 Å². The van der Waals surface area contributed by atoms with Crippen LogP contribution in [0.2, 0.25) is 0 Å². The first-order valence-electron chi connectivity index (χ1n) is 12.2. The van der Waals surface area contributed by atoms with Gasteiger partial charge >= 0.3 is 5.97 Å². The number of nitrogens with zero attached hydrogens (tertiary/aromatic N) is 6. The minimum atomic E-state index is -1.74. The van der Waals surface area contributed by atoms with Crippen molar-refractivity contribution in [1.29, 1.82) is 0 Å². The summed E-state index contributed by atoms with van der Waals surface area (Å²) in [6, 6.07) is 1.06. The Balaban J connectivity index is 1.66. The van der Waals surface area contributed by atoms with E-state index in [1.807, 2.05) is 6.07 Å². The molecule has 1 saturated carbocycles. The molecule has 4 rings (SSSR count). The molecule has 31 heavy (non-hydrogen) atoms. The molecular weight excluding hydrogens is 392 g/mol. The van der Waals surface area contributed by atoms with Crippen LogP contribution in [-0.2, 0) is 16.3 Å². The minimum absolute atomic E-state index is 0.00818. The summed E-state index contributed by atoms with van der Waals surface area (Å²) in [5, 5.41) is 5.11. The Kier molecular flexibility index (Phi) is 4.52. The van der Waals surface area contributed by atoms with Gasteiger partial charge in [0.1, 0.15) is 18.0 Å². The maximum atomic E-state index is 12.2. The monoisotopic (exact) mass is 424 g/mol. The second-order valence-electron chi connectivity index (χ2n) is 8.56. The van der Waals surface area contributed by atoms with E-state index in [0.29, 0.717) is 22.3 Å².